The van der Waals surface area contributed by atoms with Gasteiger partial charge in [0.25, 0.3) is 0 Å². The number of thiophene rings is 1. The van der Waals surface area contributed by atoms with Gasteiger partial charge in [0.15, 0.2) is 0 Å². The fourth-order valence-electron chi connectivity index (χ4n) is 3.20. The number of anilines is 1. The topological polar surface area (TPSA) is 38.3 Å². The number of Topliss-reactive ketones (excluding diaryl/α,β-unsaturated/α-hetero) is 1. The Labute approximate surface area is 184 Å². The summed E-state index contributed by atoms with van der Waals surface area (Å²) in [5, 5.41) is 4.78. The molecule has 160 valence electrons. The van der Waals surface area contributed by atoms with Crippen LogP contribution >= 0.6 is 23.1 Å². The lowest BCUT2D eigenvalue weighted by Gasteiger charge is -2.11. The highest BCUT2D eigenvalue weighted by Gasteiger charge is 2.17. The van der Waals surface area contributed by atoms with Crippen molar-refractivity contribution in [3.8, 4) is 0 Å². The number of allylic oxidation sites excluding steroid dienone is 5. The maximum Gasteiger partial charge on any atom is 0.147 e. The van der Waals surface area contributed by atoms with Crippen molar-refractivity contribution in [3.05, 3.63) is 52.6 Å². The Morgan fingerprint density at radius 2 is 2.14 bits per heavy atom. The number of hydrogen-bond donors (Lipinski definition) is 1. The first kappa shape index (κ1) is 23.8. The second kappa shape index (κ2) is 13.7. The maximum atomic E-state index is 13.0. The predicted octanol–water partition coefficient (Wildman–Crippen LogP) is 6.42. The van der Waals surface area contributed by atoms with Gasteiger partial charge in [-0.25, -0.2) is 0 Å². The Morgan fingerprint density at radius 3 is 2.90 bits per heavy atom. The predicted molar refractivity (Wildman–Crippen MR) is 129 cm³/mol. The van der Waals surface area contributed by atoms with E-state index in [0.717, 1.165) is 30.7 Å². The quantitative estimate of drug-likeness (QED) is 0.288. The minimum Gasteiger partial charge on any atom is -0.497 e. The zero-order chi connectivity index (χ0) is 20.9. The first-order chi connectivity index (χ1) is 14.2. The van der Waals surface area contributed by atoms with E-state index >= 15 is 0 Å². The average molecular weight is 434 g/mol. The van der Waals surface area contributed by atoms with E-state index in [4.69, 9.17) is 4.74 Å². The lowest BCUT2D eigenvalue weighted by atomic mass is 9.96. The molecule has 0 bridgehead atoms. The van der Waals surface area contributed by atoms with E-state index in [1.54, 1.807) is 18.4 Å². The van der Waals surface area contributed by atoms with E-state index in [0.29, 0.717) is 6.42 Å². The molecular formula is C24H35NO2S2. The molecule has 0 aromatic carbocycles. The molecule has 0 spiro atoms. The second-order valence-electron chi connectivity index (χ2n) is 7.11. The van der Waals surface area contributed by atoms with Crippen LogP contribution in [0.25, 0.3) is 0 Å². The molecule has 1 atom stereocenters. The summed E-state index contributed by atoms with van der Waals surface area (Å²) < 4.78 is 5.32. The fourth-order valence-corrected chi connectivity index (χ4v) is 4.95. The highest BCUT2D eigenvalue weighted by atomic mass is 32.2. The van der Waals surface area contributed by atoms with Crippen LogP contribution in [0.3, 0.4) is 0 Å². The molecule has 3 nitrogen and oxygen atoms in total. The van der Waals surface area contributed by atoms with Crippen LogP contribution in [0.4, 0.5) is 5.00 Å². The smallest absolute Gasteiger partial charge is 0.147 e. The van der Waals surface area contributed by atoms with Gasteiger partial charge in [-0.2, -0.15) is 11.8 Å². The van der Waals surface area contributed by atoms with Crippen LogP contribution in [0.5, 0.6) is 0 Å². The number of carbonyl (C=O) groups is 1. The Balaban J connectivity index is 1.93. The summed E-state index contributed by atoms with van der Waals surface area (Å²) in [6, 6.07) is 2.21. The van der Waals surface area contributed by atoms with Crippen molar-refractivity contribution in [2.75, 3.05) is 30.5 Å². The molecule has 1 aliphatic rings. The van der Waals surface area contributed by atoms with Gasteiger partial charge in [-0.15, -0.1) is 11.3 Å². The molecule has 0 fully saturated rings. The zero-order valence-electron chi connectivity index (χ0n) is 18.0. The van der Waals surface area contributed by atoms with Gasteiger partial charge < -0.3 is 10.1 Å². The van der Waals surface area contributed by atoms with Crippen molar-refractivity contribution in [3.63, 3.8) is 0 Å². The molecular weight excluding hydrogens is 398 g/mol. The van der Waals surface area contributed by atoms with Crippen LogP contribution in [0, 0.1) is 5.92 Å². The van der Waals surface area contributed by atoms with Crippen LogP contribution < -0.4 is 5.32 Å². The molecule has 0 radical (unpaired) electrons. The summed E-state index contributed by atoms with van der Waals surface area (Å²) in [6.45, 7) is 5.37. The van der Waals surface area contributed by atoms with Crippen molar-refractivity contribution >= 4 is 33.9 Å². The van der Waals surface area contributed by atoms with Crippen LogP contribution in [0.1, 0.15) is 50.0 Å². The van der Waals surface area contributed by atoms with Gasteiger partial charge in [-0.1, -0.05) is 38.5 Å². The van der Waals surface area contributed by atoms with Gasteiger partial charge in [0, 0.05) is 17.8 Å². The van der Waals surface area contributed by atoms with E-state index in [1.807, 2.05) is 42.1 Å². The van der Waals surface area contributed by atoms with E-state index in [9.17, 15) is 4.79 Å². The van der Waals surface area contributed by atoms with Gasteiger partial charge >= 0.3 is 0 Å². The molecule has 1 N–H and O–H groups in total. The molecule has 0 saturated carbocycles. The van der Waals surface area contributed by atoms with Gasteiger partial charge in [0.1, 0.15) is 11.5 Å². The first-order valence-corrected chi connectivity index (χ1v) is 12.7. The largest absolute Gasteiger partial charge is 0.497 e. The molecule has 1 aromatic heterocycles. The van der Waals surface area contributed by atoms with Crippen LogP contribution in [0.2, 0.25) is 0 Å². The van der Waals surface area contributed by atoms with Crippen molar-refractivity contribution in [2.24, 2.45) is 5.92 Å². The van der Waals surface area contributed by atoms with Gasteiger partial charge in [-0.3, -0.25) is 4.79 Å². The standard InChI is InChI=1S/C24H35NO2S2/c1-4-22-17-20(24(29-22)25-15-9-6-10-16-28-5-2)18-23(26)19-11-7-8-12-21(27-3)14-13-19/h7,11-14,17,19,25H,4-6,8-10,15-16,18H2,1-3H3/b11-7?,14-13-,21-12+. The van der Waals surface area contributed by atoms with E-state index < -0.39 is 0 Å². The summed E-state index contributed by atoms with van der Waals surface area (Å²) in [5.74, 6) is 3.32. The highest BCUT2D eigenvalue weighted by Crippen LogP contribution is 2.30. The number of thioether (sulfide) groups is 1. The maximum absolute atomic E-state index is 13.0. The number of aryl methyl sites for hydroxylation is 1. The molecule has 0 amide bonds. The van der Waals surface area contributed by atoms with Crippen LogP contribution in [0.15, 0.2) is 42.2 Å². The second-order valence-corrected chi connectivity index (χ2v) is 9.64. The third-order valence-corrected chi connectivity index (χ3v) is 7.17. The molecule has 0 aliphatic heterocycles. The van der Waals surface area contributed by atoms with Gasteiger partial charge in [0.2, 0.25) is 0 Å². The number of hydrogen-bond acceptors (Lipinski definition) is 5. The minimum absolute atomic E-state index is 0.192. The molecule has 29 heavy (non-hydrogen) atoms. The Bertz CT molecular complexity index is 718. The molecule has 5 heteroatoms. The van der Waals surface area contributed by atoms with Gasteiger partial charge in [0.05, 0.1) is 18.0 Å². The zero-order valence-corrected chi connectivity index (χ0v) is 19.7. The van der Waals surface area contributed by atoms with Crippen molar-refractivity contribution in [1.82, 2.24) is 0 Å². The first-order valence-electron chi connectivity index (χ1n) is 10.7. The van der Waals surface area contributed by atoms with Crippen molar-refractivity contribution in [1.29, 1.82) is 0 Å². The summed E-state index contributed by atoms with van der Waals surface area (Å²) in [7, 11) is 1.66. The molecule has 1 aromatic rings. The summed E-state index contributed by atoms with van der Waals surface area (Å²) in [6.07, 6.45) is 15.9. The SMILES string of the molecule is CCSCCCCCNc1sc(CC)cc1CC(=O)C1C=CC/C=C(OC)\C=C/1. The lowest BCUT2D eigenvalue weighted by Crippen LogP contribution is -2.14. The number of ketones is 1. The number of carbonyl (C=O) groups excluding carboxylic acids is 1. The van der Waals surface area contributed by atoms with Crippen molar-refractivity contribution in [2.45, 2.75) is 52.4 Å². The molecule has 1 unspecified atom stereocenters. The molecule has 2 rings (SSSR count). The minimum atomic E-state index is -0.192. The van der Waals surface area contributed by atoms with E-state index in [2.05, 4.69) is 25.2 Å². The van der Waals surface area contributed by atoms with Gasteiger partial charge in [-0.05, 0) is 61.0 Å². The number of ether oxygens (including phenoxy) is 1. The van der Waals surface area contributed by atoms with E-state index in [1.165, 1.54) is 40.6 Å². The normalized spacial score (nSPS) is 19.1. The summed E-state index contributed by atoms with van der Waals surface area (Å²) in [5.41, 5.74) is 1.14. The Kier molecular flexibility index (Phi) is 11.3. The number of methoxy groups -OCH3 is 1. The number of nitrogens with one attached hydrogen (secondary N) is 1. The number of unbranched alkanes of at least 4 members (excludes halogenated alkanes) is 2. The van der Waals surface area contributed by atoms with Crippen molar-refractivity contribution < 1.29 is 9.53 Å². The molecule has 0 saturated heterocycles. The van der Waals surface area contributed by atoms with E-state index in [-0.39, 0.29) is 11.7 Å². The Hall–Kier alpha value is -1.46. The van der Waals surface area contributed by atoms with Crippen LogP contribution in [-0.2, 0) is 22.4 Å². The Morgan fingerprint density at radius 1 is 1.28 bits per heavy atom. The summed E-state index contributed by atoms with van der Waals surface area (Å²) in [4.78, 5) is 14.3. The highest BCUT2D eigenvalue weighted by molar-refractivity contribution is 7.99. The third kappa shape index (κ3) is 8.43. The molecule has 1 aliphatic carbocycles. The fraction of sp³-hybridized carbons (Fsp3) is 0.542. The number of rotatable bonds is 13. The molecule has 1 heterocycles. The lowest BCUT2D eigenvalue weighted by molar-refractivity contribution is -0.119. The average Bonchev–Trinajstić information content (AvgIpc) is 3.09. The third-order valence-electron chi connectivity index (χ3n) is 4.90. The van der Waals surface area contributed by atoms with Crippen LogP contribution in [-0.4, -0.2) is 30.9 Å². The summed E-state index contributed by atoms with van der Waals surface area (Å²) >= 11 is 3.82. The monoisotopic (exact) mass is 433 g/mol.